The van der Waals surface area contributed by atoms with Crippen LogP contribution < -0.4 is 10.1 Å². The summed E-state index contributed by atoms with van der Waals surface area (Å²) in [6, 6.07) is 2.14. The molecule has 1 atom stereocenters. The maximum atomic E-state index is 13.1. The number of halogens is 5. The number of nitrogens with one attached hydrogen (secondary N) is 1. The molecule has 0 fully saturated rings. The van der Waals surface area contributed by atoms with Gasteiger partial charge in [0, 0.05) is 5.56 Å². The van der Waals surface area contributed by atoms with Crippen molar-refractivity contribution in [3.63, 3.8) is 0 Å². The monoisotopic (exact) mass is 297 g/mol. The standard InChI is InChI=1S/C12H12F5NO2/c1-6(18-11(19)12(16,17)10(14)15)8-5-7(13)3-4-9(8)20-2/h3-6,10H,1-2H3,(H,18,19). The maximum absolute atomic E-state index is 13.1. The highest BCUT2D eigenvalue weighted by Crippen LogP contribution is 2.28. The summed E-state index contributed by atoms with van der Waals surface area (Å²) < 4.78 is 67.7. The lowest BCUT2D eigenvalue weighted by Gasteiger charge is -2.21. The van der Waals surface area contributed by atoms with Crippen LogP contribution in [-0.2, 0) is 4.79 Å². The van der Waals surface area contributed by atoms with Crippen molar-refractivity contribution in [2.75, 3.05) is 7.11 Å². The van der Waals surface area contributed by atoms with Crippen LogP contribution in [0.2, 0.25) is 0 Å². The van der Waals surface area contributed by atoms with E-state index in [1.54, 1.807) is 5.32 Å². The van der Waals surface area contributed by atoms with E-state index >= 15 is 0 Å². The van der Waals surface area contributed by atoms with Crippen molar-refractivity contribution in [2.45, 2.75) is 25.3 Å². The third kappa shape index (κ3) is 3.37. The minimum absolute atomic E-state index is 0.0610. The predicted molar refractivity (Wildman–Crippen MR) is 60.5 cm³/mol. The molecule has 0 aliphatic carbocycles. The van der Waals surface area contributed by atoms with E-state index in [2.05, 4.69) is 0 Å². The molecule has 1 aromatic carbocycles. The molecular formula is C12H12F5NO2. The molecule has 1 aromatic rings. The largest absolute Gasteiger partial charge is 0.496 e. The Morgan fingerprint density at radius 1 is 1.35 bits per heavy atom. The summed E-state index contributed by atoms with van der Waals surface area (Å²) >= 11 is 0. The summed E-state index contributed by atoms with van der Waals surface area (Å²) in [6.07, 6.45) is -4.12. The lowest BCUT2D eigenvalue weighted by molar-refractivity contribution is -0.170. The smallest absolute Gasteiger partial charge is 0.383 e. The van der Waals surface area contributed by atoms with Crippen LogP contribution in [0.4, 0.5) is 22.0 Å². The van der Waals surface area contributed by atoms with Crippen molar-refractivity contribution >= 4 is 5.91 Å². The fourth-order valence-corrected chi connectivity index (χ4v) is 1.51. The normalized spacial score (nSPS) is 13.2. The van der Waals surface area contributed by atoms with Gasteiger partial charge < -0.3 is 10.1 Å². The maximum Gasteiger partial charge on any atom is 0.383 e. The average molecular weight is 297 g/mol. The first-order chi connectivity index (χ1) is 9.20. The third-order valence-electron chi connectivity index (χ3n) is 2.58. The van der Waals surface area contributed by atoms with Crippen molar-refractivity contribution in [1.29, 1.82) is 0 Å². The van der Waals surface area contributed by atoms with Gasteiger partial charge in [-0.15, -0.1) is 0 Å². The molecule has 0 radical (unpaired) electrons. The first-order valence-electron chi connectivity index (χ1n) is 5.50. The Balaban J connectivity index is 2.94. The number of benzene rings is 1. The van der Waals surface area contributed by atoms with Crippen LogP contribution in [-0.4, -0.2) is 25.4 Å². The van der Waals surface area contributed by atoms with E-state index in [4.69, 9.17) is 4.74 Å². The SMILES string of the molecule is COc1ccc(F)cc1C(C)NC(=O)C(F)(F)C(F)F. The molecule has 1 unspecified atom stereocenters. The van der Waals surface area contributed by atoms with E-state index in [0.717, 1.165) is 12.1 Å². The number of carbonyl (C=O) groups excluding carboxylic acids is 1. The van der Waals surface area contributed by atoms with Crippen molar-refractivity contribution in [1.82, 2.24) is 5.32 Å². The van der Waals surface area contributed by atoms with Gasteiger partial charge in [0.1, 0.15) is 11.6 Å². The zero-order valence-corrected chi connectivity index (χ0v) is 10.6. The molecule has 0 bridgehead atoms. The van der Waals surface area contributed by atoms with E-state index in [9.17, 15) is 26.7 Å². The van der Waals surface area contributed by atoms with E-state index in [1.165, 1.54) is 20.1 Å². The van der Waals surface area contributed by atoms with Gasteiger partial charge in [0.05, 0.1) is 13.2 Å². The van der Waals surface area contributed by atoms with Crippen molar-refractivity contribution in [2.24, 2.45) is 0 Å². The fraction of sp³-hybridized carbons (Fsp3) is 0.417. The van der Waals surface area contributed by atoms with Gasteiger partial charge in [0.2, 0.25) is 0 Å². The number of methoxy groups -OCH3 is 1. The van der Waals surface area contributed by atoms with Gasteiger partial charge in [0.15, 0.2) is 0 Å². The number of ether oxygens (including phenoxy) is 1. The zero-order valence-electron chi connectivity index (χ0n) is 10.6. The number of amides is 1. The number of alkyl halides is 4. The zero-order chi connectivity index (χ0) is 15.5. The Bertz CT molecular complexity index is 493. The summed E-state index contributed by atoms with van der Waals surface area (Å²) in [4.78, 5) is 11.1. The van der Waals surface area contributed by atoms with E-state index in [0.29, 0.717) is 0 Å². The van der Waals surface area contributed by atoms with Crippen LogP contribution in [0.25, 0.3) is 0 Å². The molecule has 0 spiro atoms. The molecule has 1 rings (SSSR count). The predicted octanol–water partition coefficient (Wildman–Crippen LogP) is 2.91. The van der Waals surface area contributed by atoms with Crippen LogP contribution >= 0.6 is 0 Å². The molecule has 0 saturated heterocycles. The van der Waals surface area contributed by atoms with Crippen molar-refractivity contribution in [3.8, 4) is 5.75 Å². The Hall–Kier alpha value is -1.86. The second kappa shape index (κ2) is 6.06. The Kier molecular flexibility index (Phi) is 4.91. The molecule has 112 valence electrons. The van der Waals surface area contributed by atoms with Gasteiger partial charge in [-0.2, -0.15) is 8.78 Å². The average Bonchev–Trinajstić information content (AvgIpc) is 2.38. The minimum Gasteiger partial charge on any atom is -0.496 e. The molecule has 8 heteroatoms. The third-order valence-corrected chi connectivity index (χ3v) is 2.58. The Morgan fingerprint density at radius 2 is 1.95 bits per heavy atom. The lowest BCUT2D eigenvalue weighted by atomic mass is 10.1. The molecule has 0 aliphatic rings. The van der Waals surface area contributed by atoms with Gasteiger partial charge in [-0.1, -0.05) is 0 Å². The first kappa shape index (κ1) is 16.2. The number of hydrogen-bond acceptors (Lipinski definition) is 2. The molecule has 0 aromatic heterocycles. The Morgan fingerprint density at radius 3 is 2.45 bits per heavy atom. The Labute approximate surface area is 111 Å². The molecule has 0 heterocycles. The highest BCUT2D eigenvalue weighted by molar-refractivity contribution is 5.84. The second-order valence-electron chi connectivity index (χ2n) is 4.01. The van der Waals surface area contributed by atoms with Crippen molar-refractivity contribution < 1.29 is 31.5 Å². The number of carbonyl (C=O) groups is 1. The molecule has 3 nitrogen and oxygen atoms in total. The van der Waals surface area contributed by atoms with Crippen LogP contribution in [0, 0.1) is 5.82 Å². The summed E-state index contributed by atoms with van der Waals surface area (Å²) in [5.41, 5.74) is 0.0610. The van der Waals surface area contributed by atoms with Crippen LogP contribution in [0.5, 0.6) is 5.75 Å². The molecule has 0 saturated carbocycles. The van der Waals surface area contributed by atoms with Crippen LogP contribution in [0.1, 0.15) is 18.5 Å². The van der Waals surface area contributed by atoms with Gasteiger partial charge in [-0.25, -0.2) is 13.2 Å². The second-order valence-corrected chi connectivity index (χ2v) is 4.01. The van der Waals surface area contributed by atoms with Crippen molar-refractivity contribution in [3.05, 3.63) is 29.6 Å². The molecule has 20 heavy (non-hydrogen) atoms. The summed E-state index contributed by atoms with van der Waals surface area (Å²) in [7, 11) is 1.26. The highest BCUT2D eigenvalue weighted by Gasteiger charge is 2.49. The first-order valence-corrected chi connectivity index (χ1v) is 5.50. The van der Waals surface area contributed by atoms with E-state index < -0.39 is 30.1 Å². The van der Waals surface area contributed by atoms with E-state index in [1.807, 2.05) is 0 Å². The number of rotatable bonds is 5. The molecule has 1 amide bonds. The van der Waals surface area contributed by atoms with Gasteiger partial charge in [-0.3, -0.25) is 4.79 Å². The van der Waals surface area contributed by atoms with Crippen LogP contribution in [0.15, 0.2) is 18.2 Å². The topological polar surface area (TPSA) is 38.3 Å². The van der Waals surface area contributed by atoms with Gasteiger partial charge in [0.25, 0.3) is 5.91 Å². The van der Waals surface area contributed by atoms with Gasteiger partial charge >= 0.3 is 12.3 Å². The molecule has 0 aliphatic heterocycles. The molecular weight excluding hydrogens is 285 g/mol. The van der Waals surface area contributed by atoms with Crippen LogP contribution in [0.3, 0.4) is 0 Å². The number of hydrogen-bond donors (Lipinski definition) is 1. The quantitative estimate of drug-likeness (QED) is 0.849. The minimum atomic E-state index is -4.81. The summed E-state index contributed by atoms with van der Waals surface area (Å²) in [5.74, 6) is -7.48. The highest BCUT2D eigenvalue weighted by atomic mass is 19.3. The summed E-state index contributed by atoms with van der Waals surface area (Å²) in [6.45, 7) is 1.25. The lowest BCUT2D eigenvalue weighted by Crippen LogP contribution is -2.46. The van der Waals surface area contributed by atoms with E-state index in [-0.39, 0.29) is 11.3 Å². The fourth-order valence-electron chi connectivity index (χ4n) is 1.51. The molecule has 1 N–H and O–H groups in total. The van der Waals surface area contributed by atoms with Gasteiger partial charge in [-0.05, 0) is 25.1 Å². The summed E-state index contributed by atoms with van der Waals surface area (Å²) in [5, 5.41) is 1.70.